The number of carbonyl (C=O) groups is 1. The number of aryl methyl sites for hydroxylation is 2. The number of fused-ring (bicyclic) bond motifs is 1. The van der Waals surface area contributed by atoms with Gasteiger partial charge in [-0.1, -0.05) is 23.4 Å². The van der Waals surface area contributed by atoms with E-state index in [2.05, 4.69) is 10.5 Å². The summed E-state index contributed by atoms with van der Waals surface area (Å²) in [6.07, 6.45) is 0.0885. The molecule has 22 heavy (non-hydrogen) atoms. The number of nitrogens with one attached hydrogen (secondary N) is 1. The molecular weight excluding hydrogens is 280 g/mol. The minimum Gasteiger partial charge on any atom is -0.506 e. The molecule has 0 aliphatic carbocycles. The van der Waals surface area contributed by atoms with Crippen molar-refractivity contribution in [3.63, 3.8) is 0 Å². The molecule has 3 aromatic rings. The first kappa shape index (κ1) is 14.1. The summed E-state index contributed by atoms with van der Waals surface area (Å²) in [5, 5.41) is 17.2. The normalized spacial score (nSPS) is 10.8. The van der Waals surface area contributed by atoms with Crippen LogP contribution in [-0.2, 0) is 11.2 Å². The van der Waals surface area contributed by atoms with Gasteiger partial charge in [0.05, 0.1) is 12.1 Å². The summed E-state index contributed by atoms with van der Waals surface area (Å²) in [4.78, 5) is 12.2. The van der Waals surface area contributed by atoms with Crippen LogP contribution in [0.4, 0.5) is 5.69 Å². The molecule has 0 atom stereocenters. The Bertz CT molecular complexity index is 852. The molecule has 2 aromatic carbocycles. The van der Waals surface area contributed by atoms with Crippen LogP contribution in [0.5, 0.6) is 5.75 Å². The van der Waals surface area contributed by atoms with Crippen LogP contribution in [0.25, 0.3) is 11.0 Å². The monoisotopic (exact) mass is 296 g/mol. The number of amides is 1. The van der Waals surface area contributed by atoms with Crippen molar-refractivity contribution < 1.29 is 14.4 Å². The second-order valence-electron chi connectivity index (χ2n) is 5.33. The van der Waals surface area contributed by atoms with Crippen LogP contribution in [0, 0.1) is 13.8 Å². The lowest BCUT2D eigenvalue weighted by molar-refractivity contribution is -0.115. The highest BCUT2D eigenvalue weighted by atomic mass is 16.5. The molecule has 112 valence electrons. The smallest absolute Gasteiger partial charge is 0.230 e. The van der Waals surface area contributed by atoms with Crippen LogP contribution in [0.1, 0.15) is 16.8 Å². The summed E-state index contributed by atoms with van der Waals surface area (Å²) in [5.74, 6) is -0.218. The Hall–Kier alpha value is -2.82. The van der Waals surface area contributed by atoms with Gasteiger partial charge in [-0.05, 0) is 43.2 Å². The first-order chi connectivity index (χ1) is 10.5. The molecule has 5 nitrogen and oxygen atoms in total. The number of nitrogens with zero attached hydrogens (tertiary/aromatic N) is 1. The topological polar surface area (TPSA) is 75.4 Å². The van der Waals surface area contributed by atoms with Crippen molar-refractivity contribution in [1.82, 2.24) is 5.16 Å². The molecule has 1 amide bonds. The summed E-state index contributed by atoms with van der Waals surface area (Å²) in [5.41, 5.74) is 3.78. The Kier molecular flexibility index (Phi) is 3.55. The van der Waals surface area contributed by atoms with Crippen molar-refractivity contribution in [2.45, 2.75) is 20.3 Å². The average molecular weight is 296 g/mol. The molecule has 0 aliphatic heterocycles. The maximum Gasteiger partial charge on any atom is 0.230 e. The van der Waals surface area contributed by atoms with E-state index in [4.69, 9.17) is 4.52 Å². The van der Waals surface area contributed by atoms with E-state index >= 15 is 0 Å². The molecule has 0 fully saturated rings. The van der Waals surface area contributed by atoms with Crippen LogP contribution in [0.3, 0.4) is 0 Å². The predicted molar refractivity (Wildman–Crippen MR) is 83.9 cm³/mol. The van der Waals surface area contributed by atoms with Crippen LogP contribution in [0.15, 0.2) is 40.9 Å². The Morgan fingerprint density at radius 2 is 2.05 bits per heavy atom. The number of phenols is 1. The van der Waals surface area contributed by atoms with Crippen molar-refractivity contribution in [2.75, 3.05) is 5.32 Å². The van der Waals surface area contributed by atoms with E-state index in [1.54, 1.807) is 18.2 Å². The van der Waals surface area contributed by atoms with Gasteiger partial charge in [-0.15, -0.1) is 0 Å². The maximum absolute atomic E-state index is 12.2. The minimum atomic E-state index is -0.253. The van der Waals surface area contributed by atoms with Gasteiger partial charge < -0.3 is 14.9 Å². The van der Waals surface area contributed by atoms with Gasteiger partial charge >= 0.3 is 0 Å². The van der Waals surface area contributed by atoms with Gasteiger partial charge in [-0.3, -0.25) is 4.79 Å². The zero-order chi connectivity index (χ0) is 15.7. The van der Waals surface area contributed by atoms with Gasteiger partial charge in [-0.2, -0.15) is 0 Å². The number of rotatable bonds is 3. The maximum atomic E-state index is 12.2. The van der Waals surface area contributed by atoms with E-state index in [9.17, 15) is 9.90 Å². The second kappa shape index (κ2) is 5.52. The fourth-order valence-corrected chi connectivity index (χ4v) is 2.57. The predicted octanol–water partition coefficient (Wildman–Crippen LogP) is 3.33. The zero-order valence-electron chi connectivity index (χ0n) is 12.4. The highest BCUT2D eigenvalue weighted by Crippen LogP contribution is 2.25. The minimum absolute atomic E-state index is 0.0349. The van der Waals surface area contributed by atoms with Gasteiger partial charge in [0.25, 0.3) is 0 Å². The van der Waals surface area contributed by atoms with Crippen molar-refractivity contribution >= 4 is 22.6 Å². The molecule has 0 unspecified atom stereocenters. The number of hydrogen-bond acceptors (Lipinski definition) is 4. The number of aromatic hydroxyl groups is 1. The number of benzene rings is 2. The van der Waals surface area contributed by atoms with Gasteiger partial charge in [0, 0.05) is 5.39 Å². The first-order valence-electron chi connectivity index (χ1n) is 6.98. The van der Waals surface area contributed by atoms with E-state index in [1.165, 1.54) is 6.07 Å². The van der Waals surface area contributed by atoms with Crippen LogP contribution in [0.2, 0.25) is 0 Å². The summed E-state index contributed by atoms with van der Waals surface area (Å²) in [6, 6.07) is 10.5. The largest absolute Gasteiger partial charge is 0.506 e. The van der Waals surface area contributed by atoms with E-state index in [0.717, 1.165) is 16.5 Å². The average Bonchev–Trinajstić information content (AvgIpc) is 2.84. The third kappa shape index (κ3) is 2.65. The summed E-state index contributed by atoms with van der Waals surface area (Å²) >= 11 is 0. The number of phenolic OH excluding ortho intramolecular Hbond substituents is 1. The molecule has 2 N–H and O–H groups in total. The Labute approximate surface area is 127 Å². The number of carbonyl (C=O) groups excluding carboxylic acids is 1. The van der Waals surface area contributed by atoms with Crippen molar-refractivity contribution in [3.05, 3.63) is 53.2 Å². The van der Waals surface area contributed by atoms with Crippen LogP contribution < -0.4 is 5.32 Å². The lowest BCUT2D eigenvalue weighted by Gasteiger charge is -2.06. The van der Waals surface area contributed by atoms with E-state index < -0.39 is 0 Å². The lowest BCUT2D eigenvalue weighted by Crippen LogP contribution is -2.14. The number of anilines is 1. The highest BCUT2D eigenvalue weighted by molar-refractivity contribution is 5.96. The van der Waals surface area contributed by atoms with E-state index in [0.29, 0.717) is 17.0 Å². The highest BCUT2D eigenvalue weighted by Gasteiger charge is 2.15. The molecular formula is C17H16N2O3. The SMILES string of the molecule is Cc1cc(C)c2c(CC(=O)Nc3ccccc3O)noc2c1. The molecule has 0 bridgehead atoms. The Morgan fingerprint density at radius 1 is 1.27 bits per heavy atom. The van der Waals surface area contributed by atoms with E-state index in [-0.39, 0.29) is 18.1 Å². The quantitative estimate of drug-likeness (QED) is 0.727. The number of aromatic nitrogens is 1. The fraction of sp³-hybridized carbons (Fsp3) is 0.176. The molecule has 1 aromatic heterocycles. The lowest BCUT2D eigenvalue weighted by atomic mass is 10.0. The number of para-hydroxylation sites is 2. The molecule has 0 radical (unpaired) electrons. The molecule has 3 rings (SSSR count). The van der Waals surface area contributed by atoms with Gasteiger partial charge in [0.15, 0.2) is 5.58 Å². The van der Waals surface area contributed by atoms with Gasteiger partial charge in [-0.25, -0.2) is 0 Å². The first-order valence-corrected chi connectivity index (χ1v) is 6.98. The van der Waals surface area contributed by atoms with Gasteiger partial charge in [0.2, 0.25) is 5.91 Å². The standard InChI is InChI=1S/C17H16N2O3/c1-10-7-11(2)17-13(19-22-15(17)8-10)9-16(21)18-12-5-3-4-6-14(12)20/h3-8,20H,9H2,1-2H3,(H,18,21). The van der Waals surface area contributed by atoms with Gasteiger partial charge in [0.1, 0.15) is 11.4 Å². The number of hydrogen-bond donors (Lipinski definition) is 2. The van der Waals surface area contributed by atoms with Crippen molar-refractivity contribution in [2.24, 2.45) is 0 Å². The van der Waals surface area contributed by atoms with E-state index in [1.807, 2.05) is 26.0 Å². The third-order valence-electron chi connectivity index (χ3n) is 3.49. The van der Waals surface area contributed by atoms with Crippen molar-refractivity contribution in [1.29, 1.82) is 0 Å². The Balaban J connectivity index is 1.84. The van der Waals surface area contributed by atoms with Crippen molar-refractivity contribution in [3.8, 4) is 5.75 Å². The molecule has 0 saturated heterocycles. The molecule has 1 heterocycles. The Morgan fingerprint density at radius 3 is 2.82 bits per heavy atom. The zero-order valence-corrected chi connectivity index (χ0v) is 12.4. The van der Waals surface area contributed by atoms with Crippen LogP contribution >= 0.6 is 0 Å². The summed E-state index contributed by atoms with van der Waals surface area (Å²) in [7, 11) is 0. The molecule has 0 saturated carbocycles. The molecule has 0 aliphatic rings. The van der Waals surface area contributed by atoms with Crippen LogP contribution in [-0.4, -0.2) is 16.2 Å². The summed E-state index contributed by atoms with van der Waals surface area (Å²) < 4.78 is 5.31. The third-order valence-corrected chi connectivity index (χ3v) is 3.49. The molecule has 0 spiro atoms. The fourth-order valence-electron chi connectivity index (χ4n) is 2.57. The second-order valence-corrected chi connectivity index (χ2v) is 5.33. The summed E-state index contributed by atoms with van der Waals surface area (Å²) in [6.45, 7) is 3.95. The molecule has 5 heteroatoms.